The molecule has 52 valence electrons. The van der Waals surface area contributed by atoms with Gasteiger partial charge in [0.25, 0.3) is 0 Å². The SMILES string of the molecule is NCn1ccn2nncc12. The van der Waals surface area contributed by atoms with Crippen molar-refractivity contribution < 1.29 is 0 Å². The Kier molecular flexibility index (Phi) is 0.983. The highest BCUT2D eigenvalue weighted by atomic mass is 15.4. The van der Waals surface area contributed by atoms with Crippen molar-refractivity contribution in [1.29, 1.82) is 0 Å². The van der Waals surface area contributed by atoms with Gasteiger partial charge in [-0.1, -0.05) is 5.21 Å². The first kappa shape index (κ1) is 5.43. The minimum absolute atomic E-state index is 0.462. The normalized spacial score (nSPS) is 10.9. The lowest BCUT2D eigenvalue weighted by Crippen LogP contribution is -2.04. The quantitative estimate of drug-likeness (QED) is 0.573. The molecule has 0 atom stereocenters. The lowest BCUT2D eigenvalue weighted by molar-refractivity contribution is 0.756. The fraction of sp³-hybridized carbons (Fsp3) is 0.200. The van der Waals surface area contributed by atoms with Crippen molar-refractivity contribution in [1.82, 2.24) is 19.4 Å². The van der Waals surface area contributed by atoms with E-state index >= 15 is 0 Å². The monoisotopic (exact) mass is 137 g/mol. The van der Waals surface area contributed by atoms with Crippen LogP contribution in [0.4, 0.5) is 0 Å². The molecular formula is C5H7N5. The average molecular weight is 137 g/mol. The van der Waals surface area contributed by atoms with E-state index in [0.717, 1.165) is 5.65 Å². The van der Waals surface area contributed by atoms with Gasteiger partial charge in [-0.3, -0.25) is 0 Å². The summed E-state index contributed by atoms with van der Waals surface area (Å²) in [5.41, 5.74) is 6.33. The van der Waals surface area contributed by atoms with Crippen LogP contribution in [-0.2, 0) is 6.67 Å². The second-order valence-electron chi connectivity index (χ2n) is 1.99. The molecule has 10 heavy (non-hydrogen) atoms. The summed E-state index contributed by atoms with van der Waals surface area (Å²) in [6, 6.07) is 0. The number of rotatable bonds is 1. The average Bonchev–Trinajstić information content (AvgIpc) is 2.44. The number of imidazole rings is 1. The smallest absolute Gasteiger partial charge is 0.157 e. The second-order valence-corrected chi connectivity index (χ2v) is 1.99. The molecule has 5 heteroatoms. The largest absolute Gasteiger partial charge is 0.317 e. The molecule has 2 aromatic rings. The molecule has 2 aromatic heterocycles. The Labute approximate surface area is 57.0 Å². The van der Waals surface area contributed by atoms with Crippen LogP contribution in [0.5, 0.6) is 0 Å². The lowest BCUT2D eigenvalue weighted by Gasteiger charge is -1.92. The maximum absolute atomic E-state index is 5.41. The van der Waals surface area contributed by atoms with Gasteiger partial charge in [-0.25, -0.2) is 4.52 Å². The highest BCUT2D eigenvalue weighted by Crippen LogP contribution is 1.98. The van der Waals surface area contributed by atoms with Gasteiger partial charge in [0, 0.05) is 12.4 Å². The van der Waals surface area contributed by atoms with E-state index < -0.39 is 0 Å². The van der Waals surface area contributed by atoms with Crippen LogP contribution in [0.3, 0.4) is 0 Å². The number of aromatic nitrogens is 4. The molecule has 0 spiro atoms. The second kappa shape index (κ2) is 1.81. The first-order valence-corrected chi connectivity index (χ1v) is 2.97. The maximum Gasteiger partial charge on any atom is 0.157 e. The molecule has 0 saturated heterocycles. The van der Waals surface area contributed by atoms with E-state index in [1.165, 1.54) is 0 Å². The molecule has 0 aromatic carbocycles. The zero-order chi connectivity index (χ0) is 6.97. The molecule has 0 aliphatic heterocycles. The first-order valence-electron chi connectivity index (χ1n) is 2.97. The summed E-state index contributed by atoms with van der Waals surface area (Å²) in [4.78, 5) is 0. The maximum atomic E-state index is 5.41. The summed E-state index contributed by atoms with van der Waals surface area (Å²) in [5, 5.41) is 7.48. The van der Waals surface area contributed by atoms with E-state index in [4.69, 9.17) is 5.73 Å². The number of nitrogens with zero attached hydrogens (tertiary/aromatic N) is 4. The van der Waals surface area contributed by atoms with Crippen LogP contribution in [-0.4, -0.2) is 19.4 Å². The molecule has 2 heterocycles. The molecule has 0 radical (unpaired) electrons. The molecule has 0 bridgehead atoms. The van der Waals surface area contributed by atoms with Gasteiger partial charge >= 0.3 is 0 Å². The van der Waals surface area contributed by atoms with Gasteiger partial charge in [0.1, 0.15) is 0 Å². The minimum atomic E-state index is 0.462. The van der Waals surface area contributed by atoms with Gasteiger partial charge in [-0.2, -0.15) is 0 Å². The zero-order valence-electron chi connectivity index (χ0n) is 5.31. The number of fused-ring (bicyclic) bond motifs is 1. The Hall–Kier alpha value is -1.36. The Morgan fingerprint density at radius 3 is 3.20 bits per heavy atom. The van der Waals surface area contributed by atoms with Crippen LogP contribution in [0.2, 0.25) is 0 Å². The third-order valence-corrected chi connectivity index (χ3v) is 1.43. The fourth-order valence-corrected chi connectivity index (χ4v) is 0.924. The van der Waals surface area contributed by atoms with Gasteiger partial charge < -0.3 is 10.3 Å². The van der Waals surface area contributed by atoms with Crippen LogP contribution in [0, 0.1) is 0 Å². The number of nitrogens with two attached hydrogens (primary N) is 1. The van der Waals surface area contributed by atoms with Crippen molar-refractivity contribution in [2.75, 3.05) is 0 Å². The van der Waals surface area contributed by atoms with Crippen LogP contribution in [0.15, 0.2) is 18.6 Å². The van der Waals surface area contributed by atoms with E-state index in [0.29, 0.717) is 6.67 Å². The molecular weight excluding hydrogens is 130 g/mol. The molecule has 2 N–H and O–H groups in total. The van der Waals surface area contributed by atoms with E-state index in [1.807, 2.05) is 17.0 Å². The van der Waals surface area contributed by atoms with Gasteiger partial charge in [0.05, 0.1) is 12.9 Å². The molecule has 5 nitrogen and oxygen atoms in total. The Morgan fingerprint density at radius 1 is 1.50 bits per heavy atom. The van der Waals surface area contributed by atoms with Crippen LogP contribution in [0.1, 0.15) is 0 Å². The lowest BCUT2D eigenvalue weighted by atomic mass is 10.8. The summed E-state index contributed by atoms with van der Waals surface area (Å²) in [7, 11) is 0. The van der Waals surface area contributed by atoms with E-state index in [-0.39, 0.29) is 0 Å². The summed E-state index contributed by atoms with van der Waals surface area (Å²) in [6.07, 6.45) is 5.35. The van der Waals surface area contributed by atoms with E-state index in [2.05, 4.69) is 10.3 Å². The van der Waals surface area contributed by atoms with Gasteiger partial charge in [0.2, 0.25) is 0 Å². The first-order chi connectivity index (χ1) is 4.92. The van der Waals surface area contributed by atoms with Gasteiger partial charge in [0.15, 0.2) is 5.65 Å². The number of hydrogen-bond donors (Lipinski definition) is 1. The summed E-state index contributed by atoms with van der Waals surface area (Å²) in [5.74, 6) is 0. The van der Waals surface area contributed by atoms with Crippen molar-refractivity contribution >= 4 is 5.65 Å². The fourth-order valence-electron chi connectivity index (χ4n) is 0.924. The predicted octanol–water partition coefficient (Wildman–Crippen LogP) is -0.553. The topological polar surface area (TPSA) is 61.1 Å². The third-order valence-electron chi connectivity index (χ3n) is 1.43. The van der Waals surface area contributed by atoms with Crippen molar-refractivity contribution in [2.24, 2.45) is 5.73 Å². The van der Waals surface area contributed by atoms with E-state index in [1.54, 1.807) is 10.7 Å². The summed E-state index contributed by atoms with van der Waals surface area (Å²) >= 11 is 0. The molecule has 0 fully saturated rings. The van der Waals surface area contributed by atoms with Crippen molar-refractivity contribution in [3.63, 3.8) is 0 Å². The Bertz CT molecular complexity index is 332. The van der Waals surface area contributed by atoms with Crippen LogP contribution < -0.4 is 5.73 Å². The Balaban J connectivity index is 2.76. The minimum Gasteiger partial charge on any atom is -0.317 e. The van der Waals surface area contributed by atoms with Crippen molar-refractivity contribution in [2.45, 2.75) is 6.67 Å². The highest BCUT2D eigenvalue weighted by molar-refractivity contribution is 5.34. The molecule has 0 aliphatic carbocycles. The van der Waals surface area contributed by atoms with Gasteiger partial charge in [-0.15, -0.1) is 5.10 Å². The van der Waals surface area contributed by atoms with Crippen LogP contribution >= 0.6 is 0 Å². The third kappa shape index (κ3) is 0.548. The molecule has 0 amide bonds. The Morgan fingerprint density at radius 2 is 2.40 bits per heavy atom. The zero-order valence-corrected chi connectivity index (χ0v) is 5.31. The number of hydrogen-bond acceptors (Lipinski definition) is 3. The van der Waals surface area contributed by atoms with Gasteiger partial charge in [-0.05, 0) is 0 Å². The molecule has 0 saturated carbocycles. The molecule has 0 aliphatic rings. The van der Waals surface area contributed by atoms with Crippen LogP contribution in [0.25, 0.3) is 5.65 Å². The molecule has 0 unspecified atom stereocenters. The predicted molar refractivity (Wildman–Crippen MR) is 35.2 cm³/mol. The van der Waals surface area contributed by atoms with Crippen molar-refractivity contribution in [3.8, 4) is 0 Å². The highest BCUT2D eigenvalue weighted by Gasteiger charge is 1.97. The van der Waals surface area contributed by atoms with Crippen molar-refractivity contribution in [3.05, 3.63) is 18.6 Å². The van der Waals surface area contributed by atoms with E-state index in [9.17, 15) is 0 Å². The summed E-state index contributed by atoms with van der Waals surface area (Å²) in [6.45, 7) is 0.462. The summed E-state index contributed by atoms with van der Waals surface area (Å²) < 4.78 is 3.53. The molecule has 2 rings (SSSR count). The standard InChI is InChI=1S/C5H7N5/c6-4-9-1-2-10-5(9)3-7-8-10/h1-3H,4,6H2.